The maximum atomic E-state index is 5.73. The van der Waals surface area contributed by atoms with Gasteiger partial charge in [0, 0.05) is 18.1 Å². The number of hydrazine groups is 1. The van der Waals surface area contributed by atoms with Gasteiger partial charge in [-0.15, -0.1) is 0 Å². The van der Waals surface area contributed by atoms with Crippen LogP contribution in [0.4, 0.5) is 0 Å². The zero-order valence-electron chi connectivity index (χ0n) is 10.9. The van der Waals surface area contributed by atoms with Crippen molar-refractivity contribution in [3.8, 4) is 0 Å². The minimum absolute atomic E-state index is 0.525. The minimum atomic E-state index is 0.525. The molecular weight excluding hydrogens is 198 g/mol. The highest BCUT2D eigenvalue weighted by atomic mass is 15.2. The summed E-state index contributed by atoms with van der Waals surface area (Å²) in [5.74, 6) is 7.26. The van der Waals surface area contributed by atoms with E-state index < -0.39 is 0 Å². The molecule has 3 N–H and O–H groups in total. The summed E-state index contributed by atoms with van der Waals surface area (Å²) in [6.45, 7) is 4.57. The largest absolute Gasteiger partial charge is 0.300 e. The molecule has 2 bridgehead atoms. The minimum Gasteiger partial charge on any atom is -0.300 e. The Morgan fingerprint density at radius 1 is 1.25 bits per heavy atom. The topological polar surface area (TPSA) is 41.3 Å². The molecule has 2 heterocycles. The smallest absolute Gasteiger partial charge is 0.0242 e. The number of rotatable bonds is 4. The fourth-order valence-electron chi connectivity index (χ4n) is 3.69. The van der Waals surface area contributed by atoms with Gasteiger partial charge in [0.15, 0.2) is 0 Å². The van der Waals surface area contributed by atoms with E-state index in [-0.39, 0.29) is 0 Å². The van der Waals surface area contributed by atoms with E-state index in [0.717, 1.165) is 23.9 Å². The van der Waals surface area contributed by atoms with Crippen molar-refractivity contribution in [1.82, 2.24) is 10.3 Å². The van der Waals surface area contributed by atoms with Crippen molar-refractivity contribution in [2.75, 3.05) is 7.05 Å². The molecule has 3 nitrogen and oxygen atoms in total. The predicted octanol–water partition coefficient (Wildman–Crippen LogP) is 1.74. The Balaban J connectivity index is 1.95. The lowest BCUT2D eigenvalue weighted by molar-refractivity contribution is 0.107. The average molecular weight is 225 g/mol. The van der Waals surface area contributed by atoms with Gasteiger partial charge in [-0.3, -0.25) is 11.3 Å². The molecule has 3 unspecified atom stereocenters. The van der Waals surface area contributed by atoms with Gasteiger partial charge in [0.25, 0.3) is 0 Å². The first-order valence-electron chi connectivity index (χ1n) is 6.79. The van der Waals surface area contributed by atoms with Gasteiger partial charge in [-0.25, -0.2) is 0 Å². The number of piperidine rings is 1. The zero-order chi connectivity index (χ0) is 11.7. The maximum absolute atomic E-state index is 5.73. The summed E-state index contributed by atoms with van der Waals surface area (Å²) >= 11 is 0. The highest BCUT2D eigenvalue weighted by Gasteiger charge is 2.40. The van der Waals surface area contributed by atoms with Crippen LogP contribution < -0.4 is 11.3 Å². The zero-order valence-corrected chi connectivity index (χ0v) is 10.9. The van der Waals surface area contributed by atoms with Crippen LogP contribution >= 0.6 is 0 Å². The van der Waals surface area contributed by atoms with Crippen LogP contribution in [-0.2, 0) is 0 Å². The summed E-state index contributed by atoms with van der Waals surface area (Å²) in [6, 6.07) is 2.18. The van der Waals surface area contributed by atoms with Crippen molar-refractivity contribution >= 4 is 0 Å². The Morgan fingerprint density at radius 2 is 1.81 bits per heavy atom. The van der Waals surface area contributed by atoms with Crippen LogP contribution in [-0.4, -0.2) is 30.1 Å². The van der Waals surface area contributed by atoms with Crippen LogP contribution in [0.5, 0.6) is 0 Å². The normalized spacial score (nSPS) is 36.9. The monoisotopic (exact) mass is 225 g/mol. The molecule has 94 valence electrons. The van der Waals surface area contributed by atoms with E-state index in [9.17, 15) is 0 Å². The summed E-state index contributed by atoms with van der Waals surface area (Å²) in [5, 5.41) is 0. The summed E-state index contributed by atoms with van der Waals surface area (Å²) in [7, 11) is 2.30. The van der Waals surface area contributed by atoms with Gasteiger partial charge in [0.05, 0.1) is 0 Å². The molecule has 0 aromatic rings. The third kappa shape index (κ3) is 2.41. The molecule has 2 fully saturated rings. The van der Waals surface area contributed by atoms with Gasteiger partial charge in [-0.1, -0.05) is 13.8 Å². The highest BCUT2D eigenvalue weighted by molar-refractivity contribution is 4.96. The van der Waals surface area contributed by atoms with Crippen LogP contribution in [0.2, 0.25) is 0 Å². The van der Waals surface area contributed by atoms with E-state index in [0.29, 0.717) is 6.04 Å². The second-order valence-electron chi connectivity index (χ2n) is 6.18. The van der Waals surface area contributed by atoms with E-state index in [4.69, 9.17) is 5.84 Å². The number of nitrogens with one attached hydrogen (secondary N) is 1. The Labute approximate surface area is 99.7 Å². The van der Waals surface area contributed by atoms with Crippen LogP contribution in [0.3, 0.4) is 0 Å². The molecule has 2 aliphatic heterocycles. The molecule has 0 radical (unpaired) electrons. The van der Waals surface area contributed by atoms with Crippen LogP contribution in [0, 0.1) is 11.8 Å². The first-order chi connectivity index (χ1) is 7.61. The summed E-state index contributed by atoms with van der Waals surface area (Å²) in [6.07, 6.45) is 6.70. The van der Waals surface area contributed by atoms with Crippen molar-refractivity contribution in [2.24, 2.45) is 17.7 Å². The van der Waals surface area contributed by atoms with Crippen molar-refractivity contribution in [3.05, 3.63) is 0 Å². The van der Waals surface area contributed by atoms with Gasteiger partial charge in [0.2, 0.25) is 0 Å². The van der Waals surface area contributed by atoms with Crippen molar-refractivity contribution in [1.29, 1.82) is 0 Å². The van der Waals surface area contributed by atoms with E-state index in [1.165, 1.54) is 32.1 Å². The number of nitrogens with two attached hydrogens (primary N) is 1. The summed E-state index contributed by atoms with van der Waals surface area (Å²) in [4.78, 5) is 2.60. The Hall–Kier alpha value is -0.120. The third-order valence-electron chi connectivity index (χ3n) is 4.64. The molecule has 0 saturated carbocycles. The SMILES string of the molecule is CC(C)CC(NN)C1CC2CCC(C1)N2C. The quantitative estimate of drug-likeness (QED) is 0.565. The molecule has 0 aromatic heterocycles. The van der Waals surface area contributed by atoms with Gasteiger partial charge >= 0.3 is 0 Å². The van der Waals surface area contributed by atoms with Crippen molar-refractivity contribution in [2.45, 2.75) is 64.1 Å². The van der Waals surface area contributed by atoms with E-state index in [2.05, 4.69) is 31.2 Å². The van der Waals surface area contributed by atoms with E-state index in [1.54, 1.807) is 0 Å². The van der Waals surface area contributed by atoms with Crippen molar-refractivity contribution in [3.63, 3.8) is 0 Å². The summed E-state index contributed by atoms with van der Waals surface area (Å²) in [5.41, 5.74) is 3.07. The summed E-state index contributed by atoms with van der Waals surface area (Å²) < 4.78 is 0. The molecule has 0 aliphatic carbocycles. The molecular formula is C13H27N3. The van der Waals surface area contributed by atoms with Gasteiger partial charge in [0.1, 0.15) is 0 Å². The lowest BCUT2D eigenvalue weighted by Crippen LogP contribution is -2.49. The van der Waals surface area contributed by atoms with Crippen LogP contribution in [0.1, 0.15) is 46.0 Å². The van der Waals surface area contributed by atoms with E-state index in [1.807, 2.05) is 0 Å². The first kappa shape index (κ1) is 12.3. The number of nitrogens with zero attached hydrogens (tertiary/aromatic N) is 1. The van der Waals surface area contributed by atoms with Crippen LogP contribution in [0.25, 0.3) is 0 Å². The molecule has 2 aliphatic rings. The second-order valence-corrected chi connectivity index (χ2v) is 6.18. The number of fused-ring (bicyclic) bond motifs is 2. The van der Waals surface area contributed by atoms with Gasteiger partial charge in [-0.2, -0.15) is 0 Å². The standard InChI is InChI=1S/C13H27N3/c1-9(2)6-13(15-14)10-7-11-4-5-12(8-10)16(11)3/h9-13,15H,4-8,14H2,1-3H3. The molecule has 2 saturated heterocycles. The fourth-order valence-corrected chi connectivity index (χ4v) is 3.69. The molecule has 16 heavy (non-hydrogen) atoms. The predicted molar refractivity (Wildman–Crippen MR) is 67.9 cm³/mol. The molecule has 2 rings (SSSR count). The molecule has 3 atom stereocenters. The highest BCUT2D eigenvalue weighted by Crippen LogP contribution is 2.39. The lowest BCUT2D eigenvalue weighted by atomic mass is 9.82. The van der Waals surface area contributed by atoms with Crippen LogP contribution in [0.15, 0.2) is 0 Å². The fraction of sp³-hybridized carbons (Fsp3) is 1.00. The first-order valence-corrected chi connectivity index (χ1v) is 6.79. The Kier molecular flexibility index (Phi) is 3.88. The average Bonchev–Trinajstić information content (AvgIpc) is 2.50. The molecule has 0 aromatic carbocycles. The van der Waals surface area contributed by atoms with Crippen molar-refractivity contribution < 1.29 is 0 Å². The lowest BCUT2D eigenvalue weighted by Gasteiger charge is -2.40. The van der Waals surface area contributed by atoms with E-state index >= 15 is 0 Å². The Bertz CT molecular complexity index is 215. The number of hydrogen-bond donors (Lipinski definition) is 2. The van der Waals surface area contributed by atoms with Gasteiger partial charge < -0.3 is 4.90 Å². The maximum Gasteiger partial charge on any atom is 0.0242 e. The Morgan fingerprint density at radius 3 is 2.25 bits per heavy atom. The third-order valence-corrected chi connectivity index (χ3v) is 4.64. The molecule has 3 heteroatoms. The molecule has 0 spiro atoms. The number of hydrogen-bond acceptors (Lipinski definition) is 3. The molecule has 0 amide bonds. The van der Waals surface area contributed by atoms with Gasteiger partial charge in [-0.05, 0) is 51.0 Å². The second kappa shape index (κ2) is 5.03.